The number of furan rings is 1. The summed E-state index contributed by atoms with van der Waals surface area (Å²) in [5.74, 6) is 1.59. The maximum Gasteiger partial charge on any atom is 0.223 e. The Kier molecular flexibility index (Phi) is 4.98. The first kappa shape index (κ1) is 15.3. The van der Waals surface area contributed by atoms with Crippen LogP contribution in [0, 0.1) is 5.92 Å². The third-order valence-corrected chi connectivity index (χ3v) is 4.90. The van der Waals surface area contributed by atoms with Crippen molar-refractivity contribution in [3.8, 4) is 0 Å². The number of hydrogen-bond acceptors (Lipinski definition) is 3. The molecule has 22 heavy (non-hydrogen) atoms. The molecular weight excluding hydrogens is 276 g/mol. The molecule has 1 aliphatic heterocycles. The summed E-state index contributed by atoms with van der Waals surface area (Å²) in [4.78, 5) is 17.2. The van der Waals surface area contributed by atoms with Gasteiger partial charge in [0.05, 0.1) is 12.8 Å². The fraction of sp³-hybridized carbons (Fsp3) is 0.611. The van der Waals surface area contributed by atoms with Crippen LogP contribution in [0.1, 0.15) is 37.9 Å². The summed E-state index contributed by atoms with van der Waals surface area (Å²) < 4.78 is 5.48. The molecular formula is C18H26N2O2. The lowest BCUT2D eigenvalue weighted by molar-refractivity contribution is -0.136. The van der Waals surface area contributed by atoms with E-state index >= 15 is 0 Å². The summed E-state index contributed by atoms with van der Waals surface area (Å²) in [5.41, 5.74) is 0. The molecule has 0 saturated carbocycles. The molecule has 0 N–H and O–H groups in total. The van der Waals surface area contributed by atoms with Gasteiger partial charge in [-0.15, -0.1) is 0 Å². The van der Waals surface area contributed by atoms with Crippen molar-refractivity contribution in [2.45, 2.75) is 44.7 Å². The molecule has 1 aromatic rings. The quantitative estimate of drug-likeness (QED) is 0.784. The second kappa shape index (κ2) is 7.14. The Morgan fingerprint density at radius 2 is 2.18 bits per heavy atom. The van der Waals surface area contributed by atoms with E-state index in [2.05, 4.69) is 29.0 Å². The van der Waals surface area contributed by atoms with Crippen molar-refractivity contribution in [1.29, 1.82) is 0 Å². The first-order valence-corrected chi connectivity index (χ1v) is 8.39. The van der Waals surface area contributed by atoms with Crippen LogP contribution in [-0.2, 0) is 11.3 Å². The fourth-order valence-electron chi connectivity index (χ4n) is 3.50. The van der Waals surface area contributed by atoms with E-state index in [0.29, 0.717) is 24.9 Å². The molecule has 1 aliphatic carbocycles. The van der Waals surface area contributed by atoms with Gasteiger partial charge in [0.1, 0.15) is 5.76 Å². The molecule has 0 spiro atoms. The fourth-order valence-corrected chi connectivity index (χ4v) is 3.50. The molecule has 0 bridgehead atoms. The van der Waals surface area contributed by atoms with Crippen LogP contribution in [0.3, 0.4) is 0 Å². The van der Waals surface area contributed by atoms with Crippen LogP contribution in [0.15, 0.2) is 35.0 Å². The summed E-state index contributed by atoms with van der Waals surface area (Å²) >= 11 is 0. The topological polar surface area (TPSA) is 36.7 Å². The van der Waals surface area contributed by atoms with E-state index in [-0.39, 0.29) is 5.91 Å². The summed E-state index contributed by atoms with van der Waals surface area (Å²) in [5, 5.41) is 0. The number of allylic oxidation sites excluding steroid dienone is 2. The molecule has 4 nitrogen and oxygen atoms in total. The van der Waals surface area contributed by atoms with Crippen LogP contribution in [0.2, 0.25) is 0 Å². The van der Waals surface area contributed by atoms with Gasteiger partial charge >= 0.3 is 0 Å². The Morgan fingerprint density at radius 1 is 1.36 bits per heavy atom. The maximum absolute atomic E-state index is 12.8. The van der Waals surface area contributed by atoms with Gasteiger partial charge in [0.15, 0.2) is 0 Å². The smallest absolute Gasteiger partial charge is 0.223 e. The number of carbonyl (C=O) groups is 1. The minimum Gasteiger partial charge on any atom is -0.467 e. The molecule has 3 rings (SSSR count). The molecule has 2 aliphatic rings. The minimum absolute atomic E-state index is 0.280. The van der Waals surface area contributed by atoms with Crippen molar-refractivity contribution in [2.24, 2.45) is 5.92 Å². The molecule has 1 atom stereocenters. The van der Waals surface area contributed by atoms with Crippen molar-refractivity contribution < 1.29 is 9.21 Å². The Hall–Kier alpha value is -1.55. The summed E-state index contributed by atoms with van der Waals surface area (Å²) in [7, 11) is 2.15. The number of hydrogen-bond donors (Lipinski definition) is 0. The van der Waals surface area contributed by atoms with E-state index < -0.39 is 0 Å². The number of piperidine rings is 1. The molecule has 1 unspecified atom stereocenters. The number of likely N-dealkylation sites (tertiary alicyclic amines) is 1. The first-order chi connectivity index (χ1) is 10.7. The highest BCUT2D eigenvalue weighted by molar-refractivity contribution is 5.77. The SMILES string of the molecule is CN1CCC(N(Cc2ccco2)C(=O)CC2C=CCC2)CC1. The van der Waals surface area contributed by atoms with Crippen LogP contribution >= 0.6 is 0 Å². The monoisotopic (exact) mass is 302 g/mol. The van der Waals surface area contributed by atoms with Gasteiger partial charge in [-0.2, -0.15) is 0 Å². The zero-order chi connectivity index (χ0) is 15.4. The van der Waals surface area contributed by atoms with Crippen LogP contribution in [0.5, 0.6) is 0 Å². The average molecular weight is 302 g/mol. The second-order valence-electron chi connectivity index (χ2n) is 6.61. The molecule has 4 heteroatoms. The number of amides is 1. The predicted octanol–water partition coefficient (Wildman–Crippen LogP) is 3.06. The number of carbonyl (C=O) groups excluding carboxylic acids is 1. The molecule has 1 fully saturated rings. The van der Waals surface area contributed by atoms with Crippen molar-refractivity contribution in [2.75, 3.05) is 20.1 Å². The lowest BCUT2D eigenvalue weighted by Gasteiger charge is -2.37. The lowest BCUT2D eigenvalue weighted by atomic mass is 10.00. The highest BCUT2D eigenvalue weighted by Gasteiger charge is 2.29. The van der Waals surface area contributed by atoms with Gasteiger partial charge < -0.3 is 14.2 Å². The largest absolute Gasteiger partial charge is 0.467 e. The van der Waals surface area contributed by atoms with Gasteiger partial charge in [0.25, 0.3) is 0 Å². The highest BCUT2D eigenvalue weighted by atomic mass is 16.3. The van der Waals surface area contributed by atoms with E-state index in [1.54, 1.807) is 6.26 Å². The molecule has 120 valence electrons. The van der Waals surface area contributed by atoms with Crippen LogP contribution in [0.4, 0.5) is 0 Å². The minimum atomic E-state index is 0.280. The Bertz CT molecular complexity index is 501. The van der Waals surface area contributed by atoms with Gasteiger partial charge in [-0.3, -0.25) is 4.79 Å². The van der Waals surface area contributed by atoms with Crippen LogP contribution in [0.25, 0.3) is 0 Å². The van der Waals surface area contributed by atoms with E-state index in [9.17, 15) is 4.79 Å². The van der Waals surface area contributed by atoms with Gasteiger partial charge in [0, 0.05) is 12.5 Å². The van der Waals surface area contributed by atoms with Gasteiger partial charge in [-0.25, -0.2) is 0 Å². The van der Waals surface area contributed by atoms with Gasteiger partial charge in [-0.1, -0.05) is 12.2 Å². The third-order valence-electron chi connectivity index (χ3n) is 4.90. The van der Waals surface area contributed by atoms with Gasteiger partial charge in [-0.05, 0) is 63.9 Å². The third kappa shape index (κ3) is 3.80. The normalized spacial score (nSPS) is 23.0. The Balaban J connectivity index is 1.67. The zero-order valence-corrected chi connectivity index (χ0v) is 13.4. The molecule has 1 aromatic heterocycles. The summed E-state index contributed by atoms with van der Waals surface area (Å²) in [6.07, 6.45) is 11.1. The van der Waals surface area contributed by atoms with Crippen molar-refractivity contribution in [1.82, 2.24) is 9.80 Å². The molecule has 2 heterocycles. The van der Waals surface area contributed by atoms with E-state index in [1.807, 2.05) is 12.1 Å². The number of rotatable bonds is 5. The van der Waals surface area contributed by atoms with Crippen molar-refractivity contribution in [3.05, 3.63) is 36.3 Å². The average Bonchev–Trinajstić information content (AvgIpc) is 3.19. The predicted molar refractivity (Wildman–Crippen MR) is 86.3 cm³/mol. The van der Waals surface area contributed by atoms with Crippen LogP contribution < -0.4 is 0 Å². The highest BCUT2D eigenvalue weighted by Crippen LogP contribution is 2.25. The van der Waals surface area contributed by atoms with E-state index in [4.69, 9.17) is 4.42 Å². The number of nitrogens with zero attached hydrogens (tertiary/aromatic N) is 2. The molecule has 1 amide bonds. The first-order valence-electron chi connectivity index (χ1n) is 8.39. The van der Waals surface area contributed by atoms with Crippen molar-refractivity contribution >= 4 is 5.91 Å². The van der Waals surface area contributed by atoms with Crippen molar-refractivity contribution in [3.63, 3.8) is 0 Å². The summed E-state index contributed by atoms with van der Waals surface area (Å²) in [6.45, 7) is 2.74. The zero-order valence-electron chi connectivity index (χ0n) is 13.4. The second-order valence-corrected chi connectivity index (χ2v) is 6.61. The lowest BCUT2D eigenvalue weighted by Crippen LogP contribution is -2.46. The Morgan fingerprint density at radius 3 is 2.82 bits per heavy atom. The molecule has 0 radical (unpaired) electrons. The van der Waals surface area contributed by atoms with Gasteiger partial charge in [0.2, 0.25) is 5.91 Å². The Labute approximate surface area is 132 Å². The molecule has 1 saturated heterocycles. The van der Waals surface area contributed by atoms with E-state index in [0.717, 1.165) is 44.5 Å². The summed E-state index contributed by atoms with van der Waals surface area (Å²) in [6, 6.07) is 4.20. The molecule has 0 aromatic carbocycles. The van der Waals surface area contributed by atoms with E-state index in [1.165, 1.54) is 0 Å². The van der Waals surface area contributed by atoms with Crippen LogP contribution in [-0.4, -0.2) is 41.9 Å². The maximum atomic E-state index is 12.8. The standard InChI is InChI=1S/C18H26N2O2/c1-19-10-8-16(9-11-19)20(14-17-7-4-12-22-17)18(21)13-15-5-2-3-6-15/h2,4-5,7,12,15-16H,3,6,8-11,13-14H2,1H3.